The van der Waals surface area contributed by atoms with Gasteiger partial charge in [-0.25, -0.2) is 12.2 Å². The van der Waals surface area contributed by atoms with Crippen molar-refractivity contribution in [1.82, 2.24) is 0 Å². The van der Waals surface area contributed by atoms with Crippen LogP contribution in [0.4, 0.5) is 0 Å². The molecule has 1 aliphatic rings. The van der Waals surface area contributed by atoms with Crippen LogP contribution in [0.1, 0.15) is 6.42 Å². The molecule has 0 nitrogen and oxygen atoms in total. The number of benzene rings is 1. The number of fused-ring (bicyclic) bond motifs is 1. The van der Waals surface area contributed by atoms with Crippen molar-refractivity contribution in [2.24, 2.45) is 0 Å². The van der Waals surface area contributed by atoms with Crippen LogP contribution in [0.5, 0.6) is 0 Å². The van der Waals surface area contributed by atoms with Crippen molar-refractivity contribution in [3.05, 3.63) is 60.7 Å². The van der Waals surface area contributed by atoms with Crippen LogP contribution in [0.15, 0.2) is 54.6 Å². The molecule has 0 aromatic heterocycles. The van der Waals surface area contributed by atoms with Gasteiger partial charge in [-0.2, -0.15) is 12.1 Å². The van der Waals surface area contributed by atoms with Crippen molar-refractivity contribution in [2.75, 3.05) is 13.3 Å². The van der Waals surface area contributed by atoms with Crippen LogP contribution >= 0.6 is 7.92 Å². The molecular weight excluding hydrogens is 314 g/mol. The van der Waals surface area contributed by atoms with E-state index in [4.69, 9.17) is 0 Å². The summed E-state index contributed by atoms with van der Waals surface area (Å²) in [5.41, 5.74) is 0. The molecule has 0 amide bonds. The number of hydrogen-bond donors (Lipinski definition) is 0. The van der Waals surface area contributed by atoms with Gasteiger partial charge in [0.1, 0.15) is 0 Å². The van der Waals surface area contributed by atoms with Crippen molar-refractivity contribution in [1.29, 1.82) is 0 Å². The largest absolute Gasteiger partial charge is 2.00 e. The number of allylic oxidation sites excluding steroid dienone is 4. The van der Waals surface area contributed by atoms with Crippen LogP contribution in [0.2, 0.25) is 0 Å². The zero-order valence-corrected chi connectivity index (χ0v) is 14.2. The van der Waals surface area contributed by atoms with Gasteiger partial charge < -0.3 is 0 Å². The molecule has 2 aromatic carbocycles. The van der Waals surface area contributed by atoms with E-state index in [9.17, 15) is 0 Å². The van der Waals surface area contributed by atoms with Gasteiger partial charge in [0.15, 0.2) is 0 Å². The summed E-state index contributed by atoms with van der Waals surface area (Å²) in [6.45, 7) is 4.59. The van der Waals surface area contributed by atoms with Gasteiger partial charge in [0.05, 0.1) is 0 Å². The van der Waals surface area contributed by atoms with E-state index in [1.54, 1.807) is 0 Å². The summed E-state index contributed by atoms with van der Waals surface area (Å²) in [4.78, 5) is 0. The van der Waals surface area contributed by atoms with Gasteiger partial charge in [-0.05, 0) is 13.3 Å². The number of hydrogen-bond acceptors (Lipinski definition) is 0. The van der Waals surface area contributed by atoms with Gasteiger partial charge in [0.25, 0.3) is 0 Å². The molecule has 90 valence electrons. The maximum Gasteiger partial charge on any atom is 2.00 e. The first kappa shape index (κ1) is 15.7. The average molecular weight is 332 g/mol. The third-order valence-electron chi connectivity index (χ3n) is 2.71. The Morgan fingerprint density at radius 1 is 1.22 bits per heavy atom. The minimum Gasteiger partial charge on any atom is -0.273 e. The number of rotatable bonds is 1. The molecule has 0 atom stereocenters. The Balaban J connectivity index is 0.000000230. The Kier molecular flexibility index (Phi) is 6.91. The fourth-order valence-corrected chi connectivity index (χ4v) is 2.53. The van der Waals surface area contributed by atoms with Gasteiger partial charge in [-0.1, -0.05) is 6.07 Å². The summed E-state index contributed by atoms with van der Waals surface area (Å²) in [7, 11) is 0.0576. The monoisotopic (exact) mass is 330 g/mol. The van der Waals surface area contributed by atoms with Crippen LogP contribution in [0, 0.1) is 6.08 Å². The van der Waals surface area contributed by atoms with Crippen molar-refractivity contribution in [2.45, 2.75) is 6.42 Å². The molecular formula is C16H17PZr. The van der Waals surface area contributed by atoms with Crippen LogP contribution in [0.3, 0.4) is 0 Å². The molecule has 0 saturated heterocycles. The van der Waals surface area contributed by atoms with E-state index in [0.29, 0.717) is 0 Å². The van der Waals surface area contributed by atoms with E-state index in [0.717, 1.165) is 6.42 Å². The molecule has 1 aliphatic carbocycles. The molecule has 0 radical (unpaired) electrons. The first-order valence-electron chi connectivity index (χ1n) is 5.82. The molecule has 2 heteroatoms. The normalized spacial score (nSPS) is 12.4. The summed E-state index contributed by atoms with van der Waals surface area (Å²) in [6, 6.07) is 13.2. The molecule has 0 fully saturated rings. The van der Waals surface area contributed by atoms with E-state index in [1.807, 2.05) is 12.2 Å². The van der Waals surface area contributed by atoms with Gasteiger partial charge in [-0.15, -0.1) is 54.7 Å². The summed E-state index contributed by atoms with van der Waals surface area (Å²) in [5.74, 6) is 0. The van der Waals surface area contributed by atoms with E-state index >= 15 is 0 Å². The molecule has 0 unspecified atom stereocenters. The standard InChI is InChI=1S/C11H12P.C5H5.Zr/c1-12(2)11-7-9-5-3-4-6-10(9)8-11;1-2-4-5-3-1;/h3-8H,1-2H3;1-3H,4H2;/q2*-1;+2. The van der Waals surface area contributed by atoms with E-state index in [-0.39, 0.29) is 34.1 Å². The van der Waals surface area contributed by atoms with Crippen LogP contribution in [-0.4, -0.2) is 13.3 Å². The predicted octanol–water partition coefficient (Wildman–Crippen LogP) is 4.23. The molecule has 0 N–H and O–H groups in total. The first-order chi connectivity index (χ1) is 8.27. The zero-order chi connectivity index (χ0) is 12.1. The molecule has 0 saturated carbocycles. The zero-order valence-electron chi connectivity index (χ0n) is 10.9. The maximum atomic E-state index is 2.99. The van der Waals surface area contributed by atoms with Crippen LogP contribution < -0.4 is 5.30 Å². The van der Waals surface area contributed by atoms with E-state index in [2.05, 4.69) is 61.9 Å². The second kappa shape index (κ2) is 7.93. The summed E-state index contributed by atoms with van der Waals surface area (Å²) in [5, 5.41) is 4.26. The Bertz CT molecular complexity index is 492. The molecule has 18 heavy (non-hydrogen) atoms. The molecule has 0 heterocycles. The van der Waals surface area contributed by atoms with Crippen LogP contribution in [-0.2, 0) is 26.2 Å². The minimum atomic E-state index is 0. The van der Waals surface area contributed by atoms with Crippen molar-refractivity contribution in [3.8, 4) is 0 Å². The van der Waals surface area contributed by atoms with E-state index < -0.39 is 0 Å². The fraction of sp³-hybridized carbons (Fsp3) is 0.188. The Hall–Kier alpha value is -0.377. The maximum absolute atomic E-state index is 2.99. The van der Waals surface area contributed by atoms with Gasteiger partial charge in [0.2, 0.25) is 0 Å². The predicted molar refractivity (Wildman–Crippen MR) is 79.5 cm³/mol. The second-order valence-corrected chi connectivity index (χ2v) is 6.55. The van der Waals surface area contributed by atoms with Crippen molar-refractivity contribution < 1.29 is 26.2 Å². The summed E-state index contributed by atoms with van der Waals surface area (Å²) < 4.78 is 0. The second-order valence-electron chi connectivity index (χ2n) is 4.24. The molecule has 3 rings (SSSR count). The molecule has 0 bridgehead atoms. The van der Waals surface area contributed by atoms with Gasteiger partial charge in [-0.3, -0.25) is 6.08 Å². The fourth-order valence-electron chi connectivity index (χ4n) is 1.73. The molecule has 0 aliphatic heterocycles. The van der Waals surface area contributed by atoms with Crippen molar-refractivity contribution in [3.63, 3.8) is 0 Å². The third kappa shape index (κ3) is 4.38. The summed E-state index contributed by atoms with van der Waals surface area (Å²) >= 11 is 0. The third-order valence-corrected chi connectivity index (χ3v) is 4.00. The quantitative estimate of drug-likeness (QED) is 0.542. The SMILES string of the molecule is CP(C)c1cc2ccccc2[cH-]1.[C-]1=CC=CC1.[Zr+2]. The Morgan fingerprint density at radius 3 is 2.50 bits per heavy atom. The van der Waals surface area contributed by atoms with Gasteiger partial charge >= 0.3 is 26.2 Å². The Labute approximate surface area is 130 Å². The summed E-state index contributed by atoms with van der Waals surface area (Å²) in [6.07, 6.45) is 10.0. The molecule has 2 aromatic rings. The first-order valence-corrected chi connectivity index (χ1v) is 8.05. The smallest absolute Gasteiger partial charge is 0.273 e. The minimum absolute atomic E-state index is 0. The average Bonchev–Trinajstić information content (AvgIpc) is 3.01. The van der Waals surface area contributed by atoms with Crippen molar-refractivity contribution >= 4 is 24.0 Å². The Morgan fingerprint density at radius 2 is 2.00 bits per heavy atom. The van der Waals surface area contributed by atoms with Crippen LogP contribution in [0.25, 0.3) is 10.8 Å². The van der Waals surface area contributed by atoms with E-state index in [1.165, 1.54) is 16.1 Å². The topological polar surface area (TPSA) is 0 Å². The molecule has 0 spiro atoms. The van der Waals surface area contributed by atoms with Gasteiger partial charge in [0, 0.05) is 0 Å².